The minimum absolute atomic E-state index is 0.0184. The summed E-state index contributed by atoms with van der Waals surface area (Å²) in [7, 11) is 0. The summed E-state index contributed by atoms with van der Waals surface area (Å²) in [6.45, 7) is 3.68. The molecule has 2 rings (SSSR count). The number of halogens is 1. The van der Waals surface area contributed by atoms with Gasteiger partial charge >= 0.3 is 6.03 Å². The number of carbonyl (C=O) groups excluding carboxylic acids is 2. The van der Waals surface area contributed by atoms with Gasteiger partial charge in [0.2, 0.25) is 0 Å². The molecule has 120 valence electrons. The smallest absolute Gasteiger partial charge is 0.319 e. The van der Waals surface area contributed by atoms with Gasteiger partial charge in [0.25, 0.3) is 5.91 Å². The van der Waals surface area contributed by atoms with Crippen LogP contribution in [0.2, 0.25) is 0 Å². The summed E-state index contributed by atoms with van der Waals surface area (Å²) in [6, 6.07) is 12.0. The Morgan fingerprint density at radius 2 is 1.48 bits per heavy atom. The molecule has 23 heavy (non-hydrogen) atoms. The van der Waals surface area contributed by atoms with E-state index < -0.39 is 11.7 Å². The minimum Gasteiger partial charge on any atom is -0.336 e. The predicted octanol–water partition coefficient (Wildman–Crippen LogP) is 3.61. The minimum atomic E-state index is -0.604. The van der Waals surface area contributed by atoms with E-state index in [1.807, 2.05) is 13.8 Å². The van der Waals surface area contributed by atoms with Crippen LogP contribution in [0.1, 0.15) is 24.2 Å². The molecule has 0 aliphatic carbocycles. The van der Waals surface area contributed by atoms with Gasteiger partial charge in [0.1, 0.15) is 5.82 Å². The van der Waals surface area contributed by atoms with E-state index in [-0.39, 0.29) is 17.6 Å². The zero-order valence-electron chi connectivity index (χ0n) is 12.9. The largest absolute Gasteiger partial charge is 0.336 e. The Balaban J connectivity index is 2.16. The van der Waals surface area contributed by atoms with Crippen LogP contribution in [0, 0.1) is 5.82 Å². The molecule has 0 atom stereocenters. The Bertz CT molecular complexity index is 716. The Kier molecular flexibility index (Phi) is 5.30. The first-order valence-corrected chi connectivity index (χ1v) is 7.20. The molecule has 0 radical (unpaired) electrons. The second-order valence-electron chi connectivity index (χ2n) is 5.23. The van der Waals surface area contributed by atoms with Gasteiger partial charge in [-0.25, -0.2) is 9.18 Å². The van der Waals surface area contributed by atoms with Crippen molar-refractivity contribution in [1.29, 1.82) is 0 Å². The van der Waals surface area contributed by atoms with Gasteiger partial charge in [-0.3, -0.25) is 4.79 Å². The normalized spacial score (nSPS) is 10.3. The van der Waals surface area contributed by atoms with Crippen molar-refractivity contribution in [2.45, 2.75) is 19.9 Å². The summed E-state index contributed by atoms with van der Waals surface area (Å²) in [4.78, 5) is 24.0. The van der Waals surface area contributed by atoms with Crippen LogP contribution in [0.25, 0.3) is 0 Å². The van der Waals surface area contributed by atoms with Crippen LogP contribution in [0.15, 0.2) is 48.5 Å². The number of anilines is 2. The van der Waals surface area contributed by atoms with Crippen molar-refractivity contribution in [3.05, 3.63) is 59.9 Å². The Morgan fingerprint density at radius 3 is 2.09 bits per heavy atom. The van der Waals surface area contributed by atoms with Crippen molar-refractivity contribution in [3.63, 3.8) is 0 Å². The first kappa shape index (κ1) is 16.5. The number of nitrogens with one attached hydrogen (secondary N) is 3. The topological polar surface area (TPSA) is 70.2 Å². The lowest BCUT2D eigenvalue weighted by molar-refractivity contribution is 0.102. The molecular formula is C17H18FN3O2. The van der Waals surface area contributed by atoms with Crippen LogP contribution >= 0.6 is 0 Å². The van der Waals surface area contributed by atoms with Crippen molar-refractivity contribution < 1.29 is 14.0 Å². The summed E-state index contributed by atoms with van der Waals surface area (Å²) in [5.41, 5.74) is 0.754. The Labute approximate surface area is 133 Å². The molecule has 6 heteroatoms. The maximum absolute atomic E-state index is 13.7. The highest BCUT2D eigenvalue weighted by atomic mass is 19.1. The number of para-hydroxylation sites is 2. The van der Waals surface area contributed by atoms with Gasteiger partial charge in [-0.05, 0) is 38.1 Å². The third-order valence-electron chi connectivity index (χ3n) is 2.96. The van der Waals surface area contributed by atoms with E-state index in [9.17, 15) is 14.0 Å². The molecule has 2 aromatic carbocycles. The maximum atomic E-state index is 13.7. The van der Waals surface area contributed by atoms with E-state index in [0.29, 0.717) is 11.4 Å². The van der Waals surface area contributed by atoms with E-state index in [2.05, 4.69) is 16.0 Å². The summed E-state index contributed by atoms with van der Waals surface area (Å²) in [6.07, 6.45) is 0. The van der Waals surface area contributed by atoms with Gasteiger partial charge in [0.15, 0.2) is 0 Å². The third-order valence-corrected chi connectivity index (χ3v) is 2.96. The third kappa shape index (κ3) is 4.54. The summed E-state index contributed by atoms with van der Waals surface area (Å²) >= 11 is 0. The van der Waals surface area contributed by atoms with Gasteiger partial charge < -0.3 is 16.0 Å². The van der Waals surface area contributed by atoms with Crippen LogP contribution in [0.3, 0.4) is 0 Å². The van der Waals surface area contributed by atoms with Gasteiger partial charge in [0.05, 0.1) is 16.9 Å². The average Bonchev–Trinajstić information content (AvgIpc) is 2.48. The van der Waals surface area contributed by atoms with E-state index >= 15 is 0 Å². The Morgan fingerprint density at radius 1 is 0.913 bits per heavy atom. The number of hydrogen-bond acceptors (Lipinski definition) is 2. The molecule has 0 aromatic heterocycles. The number of rotatable bonds is 4. The summed E-state index contributed by atoms with van der Waals surface area (Å²) in [5.74, 6) is -1.19. The molecule has 0 bridgehead atoms. The van der Waals surface area contributed by atoms with Crippen molar-refractivity contribution in [2.24, 2.45) is 0 Å². The molecule has 0 unspecified atom stereocenters. The van der Waals surface area contributed by atoms with Gasteiger partial charge in [0, 0.05) is 6.04 Å². The lowest BCUT2D eigenvalue weighted by Crippen LogP contribution is -2.34. The number of amides is 3. The number of carbonyl (C=O) groups is 2. The quantitative estimate of drug-likeness (QED) is 0.806. The molecule has 0 heterocycles. The molecule has 0 aliphatic heterocycles. The molecule has 3 amide bonds. The van der Waals surface area contributed by atoms with E-state index in [4.69, 9.17) is 0 Å². The van der Waals surface area contributed by atoms with Crippen molar-refractivity contribution in [3.8, 4) is 0 Å². The summed E-state index contributed by atoms with van der Waals surface area (Å²) in [5, 5.41) is 7.95. The van der Waals surface area contributed by atoms with Crippen LogP contribution < -0.4 is 16.0 Å². The monoisotopic (exact) mass is 315 g/mol. The molecule has 0 aliphatic rings. The fourth-order valence-corrected chi connectivity index (χ4v) is 1.96. The average molecular weight is 315 g/mol. The SMILES string of the molecule is CC(C)NC(=O)Nc1ccccc1NC(=O)c1ccccc1F. The number of benzene rings is 2. The second-order valence-corrected chi connectivity index (χ2v) is 5.23. The molecule has 2 aromatic rings. The van der Waals surface area contributed by atoms with Crippen molar-refractivity contribution in [2.75, 3.05) is 10.6 Å². The van der Waals surface area contributed by atoms with Crippen molar-refractivity contribution in [1.82, 2.24) is 5.32 Å². The van der Waals surface area contributed by atoms with E-state index in [0.717, 1.165) is 0 Å². The molecule has 5 nitrogen and oxygen atoms in total. The maximum Gasteiger partial charge on any atom is 0.319 e. The molecule has 0 saturated carbocycles. The molecule has 0 saturated heterocycles. The van der Waals surface area contributed by atoms with Gasteiger partial charge in [-0.1, -0.05) is 24.3 Å². The molecule has 3 N–H and O–H groups in total. The second kappa shape index (κ2) is 7.40. The first-order chi connectivity index (χ1) is 11.0. The zero-order chi connectivity index (χ0) is 16.8. The molecule has 0 fully saturated rings. The van der Waals surface area contributed by atoms with Crippen LogP contribution in [-0.4, -0.2) is 18.0 Å². The lowest BCUT2D eigenvalue weighted by Gasteiger charge is -2.14. The lowest BCUT2D eigenvalue weighted by atomic mass is 10.2. The van der Waals surface area contributed by atoms with E-state index in [1.54, 1.807) is 30.3 Å². The van der Waals surface area contributed by atoms with Gasteiger partial charge in [-0.2, -0.15) is 0 Å². The standard InChI is InChI=1S/C17H18FN3O2/c1-11(2)19-17(23)21-15-10-6-5-9-14(15)20-16(22)12-7-3-4-8-13(12)18/h3-11H,1-2H3,(H,20,22)(H2,19,21,23). The van der Waals surface area contributed by atoms with Crippen LogP contribution in [0.5, 0.6) is 0 Å². The highest BCUT2D eigenvalue weighted by Crippen LogP contribution is 2.22. The molecular weight excluding hydrogens is 297 g/mol. The van der Waals surface area contributed by atoms with Crippen LogP contribution in [0.4, 0.5) is 20.6 Å². The first-order valence-electron chi connectivity index (χ1n) is 7.20. The van der Waals surface area contributed by atoms with Crippen molar-refractivity contribution >= 4 is 23.3 Å². The van der Waals surface area contributed by atoms with Crippen LogP contribution in [-0.2, 0) is 0 Å². The van der Waals surface area contributed by atoms with Gasteiger partial charge in [-0.15, -0.1) is 0 Å². The summed E-state index contributed by atoms with van der Waals surface area (Å²) < 4.78 is 13.7. The Hall–Kier alpha value is -2.89. The zero-order valence-corrected chi connectivity index (χ0v) is 12.9. The number of urea groups is 1. The fourth-order valence-electron chi connectivity index (χ4n) is 1.96. The van der Waals surface area contributed by atoms with E-state index in [1.165, 1.54) is 18.2 Å². The highest BCUT2D eigenvalue weighted by molar-refractivity contribution is 6.07. The number of hydrogen-bond donors (Lipinski definition) is 3. The predicted molar refractivity (Wildman–Crippen MR) is 88.1 cm³/mol. The highest BCUT2D eigenvalue weighted by Gasteiger charge is 2.14. The fraction of sp³-hybridized carbons (Fsp3) is 0.176. The molecule has 0 spiro atoms.